The number of nitrogen functional groups attached to an aromatic ring is 1. The van der Waals surface area contributed by atoms with E-state index < -0.39 is 5.56 Å². The topological polar surface area (TPSA) is 100.0 Å². The number of fused-ring (bicyclic) bond motifs is 1. The summed E-state index contributed by atoms with van der Waals surface area (Å²) in [5.41, 5.74) is 6.29. The number of anilines is 1. The molecule has 0 spiro atoms. The van der Waals surface area contributed by atoms with E-state index in [1.54, 1.807) is 30.3 Å². The van der Waals surface area contributed by atoms with Gasteiger partial charge in [0.15, 0.2) is 11.5 Å². The highest BCUT2D eigenvalue weighted by Crippen LogP contribution is 2.19. The first-order valence-corrected chi connectivity index (χ1v) is 6.05. The van der Waals surface area contributed by atoms with Gasteiger partial charge in [0.05, 0.1) is 5.69 Å². The second-order valence-electron chi connectivity index (χ2n) is 4.16. The van der Waals surface area contributed by atoms with Crippen LogP contribution < -0.4 is 11.3 Å². The van der Waals surface area contributed by atoms with E-state index in [-0.39, 0.29) is 11.3 Å². The maximum absolute atomic E-state index is 12.0. The van der Waals surface area contributed by atoms with Crippen LogP contribution in [0.1, 0.15) is 5.56 Å². The van der Waals surface area contributed by atoms with Crippen LogP contribution >= 0.6 is 11.6 Å². The predicted molar refractivity (Wildman–Crippen MR) is 75.4 cm³/mol. The summed E-state index contributed by atoms with van der Waals surface area (Å²) in [5, 5.41) is 12.4. The van der Waals surface area contributed by atoms with Crippen molar-refractivity contribution in [1.82, 2.24) is 14.6 Å². The van der Waals surface area contributed by atoms with Crippen LogP contribution in [0.4, 0.5) is 5.69 Å². The maximum Gasteiger partial charge on any atom is 0.291 e. The lowest BCUT2D eigenvalue weighted by Crippen LogP contribution is -2.18. The molecule has 0 saturated carbocycles. The van der Waals surface area contributed by atoms with Gasteiger partial charge < -0.3 is 5.73 Å². The molecule has 0 saturated heterocycles. The molecule has 0 unspecified atom stereocenters. The summed E-state index contributed by atoms with van der Waals surface area (Å²) in [6.45, 7) is 0. The van der Waals surface area contributed by atoms with Crippen LogP contribution in [0.5, 0.6) is 0 Å². The number of nitrogens with one attached hydrogen (secondary N) is 1. The summed E-state index contributed by atoms with van der Waals surface area (Å²) < 4.78 is 1.19. The van der Waals surface area contributed by atoms with Gasteiger partial charge in [-0.05, 0) is 24.3 Å². The molecule has 3 rings (SSSR count). The number of benzene rings is 1. The minimum atomic E-state index is -0.518. The number of nitriles is 1. The normalized spacial score (nSPS) is 10.6. The molecule has 20 heavy (non-hydrogen) atoms. The second-order valence-corrected chi connectivity index (χ2v) is 4.60. The van der Waals surface area contributed by atoms with Crippen LogP contribution in [0.25, 0.3) is 17.0 Å². The van der Waals surface area contributed by atoms with Crippen molar-refractivity contribution < 1.29 is 0 Å². The summed E-state index contributed by atoms with van der Waals surface area (Å²) in [6, 6.07) is 10.3. The van der Waals surface area contributed by atoms with E-state index in [0.29, 0.717) is 16.5 Å². The summed E-state index contributed by atoms with van der Waals surface area (Å²) in [5.74, 6) is 0.494. The third-order valence-corrected chi connectivity index (χ3v) is 3.14. The molecule has 0 bridgehead atoms. The van der Waals surface area contributed by atoms with Gasteiger partial charge in [0.2, 0.25) is 0 Å². The summed E-state index contributed by atoms with van der Waals surface area (Å²) in [6.07, 6.45) is 0. The number of hydrogen-bond acceptors (Lipinski definition) is 4. The Morgan fingerprint density at radius 1 is 1.35 bits per heavy atom. The van der Waals surface area contributed by atoms with Gasteiger partial charge in [0.1, 0.15) is 11.6 Å². The first-order chi connectivity index (χ1) is 9.60. The van der Waals surface area contributed by atoms with Crippen molar-refractivity contribution >= 4 is 22.9 Å². The van der Waals surface area contributed by atoms with Gasteiger partial charge in [0, 0.05) is 16.7 Å². The molecule has 0 fully saturated rings. The quantitative estimate of drug-likeness (QED) is 0.712. The monoisotopic (exact) mass is 285 g/mol. The lowest BCUT2D eigenvalue weighted by molar-refractivity contribution is 0.920. The molecule has 2 heterocycles. The summed E-state index contributed by atoms with van der Waals surface area (Å²) in [4.78, 5) is 16.3. The van der Waals surface area contributed by atoms with E-state index in [4.69, 9.17) is 22.6 Å². The highest BCUT2D eigenvalue weighted by molar-refractivity contribution is 6.30. The third-order valence-electron chi connectivity index (χ3n) is 2.89. The Hall–Kier alpha value is -2.78. The number of halogens is 1. The number of hydrogen-bond donors (Lipinski definition) is 2. The predicted octanol–water partition coefficient (Wildman–Crippen LogP) is 1.80. The van der Waals surface area contributed by atoms with Crippen LogP contribution in [0.15, 0.2) is 35.1 Å². The Balaban J connectivity index is 2.26. The molecular formula is C13H8ClN5O. The Kier molecular flexibility index (Phi) is 2.70. The van der Waals surface area contributed by atoms with Gasteiger partial charge in [-0.25, -0.2) is 4.98 Å². The van der Waals surface area contributed by atoms with Crippen molar-refractivity contribution in [2.75, 3.05) is 5.73 Å². The SMILES string of the molecule is N#Cc1c(N)cc2nc(-c3ccc(Cl)cc3)[nH]n2c1=O. The minimum Gasteiger partial charge on any atom is -0.397 e. The van der Waals surface area contributed by atoms with Gasteiger partial charge in [0.25, 0.3) is 5.56 Å². The zero-order chi connectivity index (χ0) is 14.3. The van der Waals surface area contributed by atoms with Crippen molar-refractivity contribution in [2.24, 2.45) is 0 Å². The zero-order valence-electron chi connectivity index (χ0n) is 10.1. The first kappa shape index (κ1) is 12.3. The fourth-order valence-corrected chi connectivity index (χ4v) is 2.03. The molecule has 7 heteroatoms. The lowest BCUT2D eigenvalue weighted by Gasteiger charge is -1.96. The fourth-order valence-electron chi connectivity index (χ4n) is 1.90. The summed E-state index contributed by atoms with van der Waals surface area (Å²) in [7, 11) is 0. The van der Waals surface area contributed by atoms with Crippen molar-refractivity contribution in [1.29, 1.82) is 5.26 Å². The Labute approximate surface area is 118 Å². The molecular weight excluding hydrogens is 278 g/mol. The standard InChI is InChI=1S/C13H8ClN5O/c14-8-3-1-7(2-4-8)12-17-11-5-10(16)9(6-15)13(20)19(11)18-12/h1-5H,16H2,(H,17,18). The number of aromatic nitrogens is 3. The number of H-pyrrole nitrogens is 1. The van der Waals surface area contributed by atoms with E-state index >= 15 is 0 Å². The van der Waals surface area contributed by atoms with Crippen molar-refractivity contribution in [3.05, 3.63) is 51.3 Å². The molecule has 6 nitrogen and oxygen atoms in total. The summed E-state index contributed by atoms with van der Waals surface area (Å²) >= 11 is 5.83. The molecule has 0 atom stereocenters. The van der Waals surface area contributed by atoms with E-state index in [1.807, 2.05) is 0 Å². The average molecular weight is 286 g/mol. The number of aromatic amines is 1. The highest BCUT2D eigenvalue weighted by Gasteiger charge is 2.12. The molecule has 0 aliphatic carbocycles. The Morgan fingerprint density at radius 2 is 2.05 bits per heavy atom. The number of nitrogens with zero attached hydrogens (tertiary/aromatic N) is 3. The molecule has 3 N–H and O–H groups in total. The average Bonchev–Trinajstić information content (AvgIpc) is 2.84. The smallest absolute Gasteiger partial charge is 0.291 e. The van der Waals surface area contributed by atoms with E-state index in [1.165, 1.54) is 10.6 Å². The molecule has 0 aliphatic heterocycles. The largest absolute Gasteiger partial charge is 0.397 e. The number of pyridine rings is 1. The Bertz CT molecular complexity index is 901. The molecule has 98 valence electrons. The van der Waals surface area contributed by atoms with Crippen LogP contribution in [-0.2, 0) is 0 Å². The van der Waals surface area contributed by atoms with Crippen molar-refractivity contribution in [3.8, 4) is 17.5 Å². The number of nitrogens with two attached hydrogens (primary N) is 1. The van der Waals surface area contributed by atoms with Crippen LogP contribution in [0.2, 0.25) is 5.02 Å². The van der Waals surface area contributed by atoms with Gasteiger partial charge in [-0.2, -0.15) is 9.78 Å². The highest BCUT2D eigenvalue weighted by atomic mass is 35.5. The van der Waals surface area contributed by atoms with E-state index in [0.717, 1.165) is 5.56 Å². The van der Waals surface area contributed by atoms with Crippen LogP contribution in [-0.4, -0.2) is 14.6 Å². The molecule has 3 aromatic rings. The molecule has 0 aliphatic rings. The van der Waals surface area contributed by atoms with Crippen molar-refractivity contribution in [3.63, 3.8) is 0 Å². The maximum atomic E-state index is 12.0. The zero-order valence-corrected chi connectivity index (χ0v) is 10.8. The van der Waals surface area contributed by atoms with Gasteiger partial charge >= 0.3 is 0 Å². The Morgan fingerprint density at radius 3 is 2.70 bits per heavy atom. The van der Waals surface area contributed by atoms with Gasteiger partial charge in [-0.3, -0.25) is 9.89 Å². The van der Waals surface area contributed by atoms with Crippen LogP contribution in [0, 0.1) is 11.3 Å². The third kappa shape index (κ3) is 1.81. The minimum absolute atomic E-state index is 0.103. The van der Waals surface area contributed by atoms with E-state index in [9.17, 15) is 4.79 Å². The van der Waals surface area contributed by atoms with Gasteiger partial charge in [-0.1, -0.05) is 11.6 Å². The molecule has 2 aromatic heterocycles. The lowest BCUT2D eigenvalue weighted by atomic mass is 10.2. The van der Waals surface area contributed by atoms with Gasteiger partial charge in [-0.15, -0.1) is 0 Å². The molecule has 0 amide bonds. The van der Waals surface area contributed by atoms with Crippen molar-refractivity contribution in [2.45, 2.75) is 0 Å². The molecule has 0 radical (unpaired) electrons. The van der Waals surface area contributed by atoms with Crippen LogP contribution in [0.3, 0.4) is 0 Å². The first-order valence-electron chi connectivity index (χ1n) is 5.67. The van der Waals surface area contributed by atoms with E-state index in [2.05, 4.69) is 10.1 Å². The number of rotatable bonds is 1. The second kappa shape index (κ2) is 4.40. The molecule has 1 aromatic carbocycles. The fraction of sp³-hybridized carbons (Fsp3) is 0.